The molecule has 2 aromatic carbocycles. The minimum absolute atomic E-state index is 0.722. The van der Waals surface area contributed by atoms with Crippen molar-refractivity contribution in [3.8, 4) is 11.4 Å². The molecule has 0 aliphatic rings. The van der Waals surface area contributed by atoms with Crippen molar-refractivity contribution in [1.29, 1.82) is 0 Å². The van der Waals surface area contributed by atoms with Crippen molar-refractivity contribution in [3.63, 3.8) is 0 Å². The van der Waals surface area contributed by atoms with E-state index in [4.69, 9.17) is 4.74 Å². The first-order chi connectivity index (χ1) is 12.7. The Kier molecular flexibility index (Phi) is 4.46. The monoisotopic (exact) mass is 346 g/mol. The quantitative estimate of drug-likeness (QED) is 0.556. The van der Waals surface area contributed by atoms with Gasteiger partial charge in [0.1, 0.15) is 5.75 Å². The second-order valence-electron chi connectivity index (χ2n) is 6.42. The van der Waals surface area contributed by atoms with Gasteiger partial charge in [0.2, 0.25) is 0 Å². The summed E-state index contributed by atoms with van der Waals surface area (Å²) in [6.07, 6.45) is 3.72. The maximum atomic E-state index is 5.51. The third kappa shape index (κ3) is 3.34. The Labute approximate surface area is 152 Å². The first-order valence-corrected chi connectivity index (χ1v) is 8.69. The van der Waals surface area contributed by atoms with Crippen molar-refractivity contribution in [3.05, 3.63) is 77.7 Å². The molecule has 0 bridgehead atoms. The van der Waals surface area contributed by atoms with Crippen LogP contribution < -0.4 is 10.1 Å². The van der Waals surface area contributed by atoms with Crippen LogP contribution in [0.25, 0.3) is 16.6 Å². The van der Waals surface area contributed by atoms with Gasteiger partial charge in [0.25, 0.3) is 0 Å². The van der Waals surface area contributed by atoms with Gasteiger partial charge in [0, 0.05) is 42.3 Å². The molecular weight excluding hydrogens is 324 g/mol. The van der Waals surface area contributed by atoms with Crippen LogP contribution >= 0.6 is 0 Å². The number of aromatic nitrogens is 3. The van der Waals surface area contributed by atoms with E-state index in [-0.39, 0.29) is 0 Å². The van der Waals surface area contributed by atoms with Crippen LogP contribution in [0.1, 0.15) is 16.8 Å². The number of aromatic amines is 1. The summed E-state index contributed by atoms with van der Waals surface area (Å²) >= 11 is 0. The van der Waals surface area contributed by atoms with Gasteiger partial charge in [-0.15, -0.1) is 0 Å². The highest BCUT2D eigenvalue weighted by Crippen LogP contribution is 2.22. The zero-order valence-corrected chi connectivity index (χ0v) is 15.0. The van der Waals surface area contributed by atoms with Crippen LogP contribution in [0.15, 0.2) is 60.9 Å². The second kappa shape index (κ2) is 7.06. The summed E-state index contributed by atoms with van der Waals surface area (Å²) in [6, 6.07) is 16.7. The molecule has 0 fully saturated rings. The van der Waals surface area contributed by atoms with Gasteiger partial charge in [0.15, 0.2) is 0 Å². The van der Waals surface area contributed by atoms with E-state index in [1.807, 2.05) is 29.1 Å². The number of H-pyrrole nitrogens is 1. The van der Waals surface area contributed by atoms with Crippen molar-refractivity contribution in [1.82, 2.24) is 20.1 Å². The lowest BCUT2D eigenvalue weighted by atomic mass is 10.1. The Morgan fingerprint density at radius 3 is 2.85 bits per heavy atom. The van der Waals surface area contributed by atoms with E-state index < -0.39 is 0 Å². The van der Waals surface area contributed by atoms with Crippen molar-refractivity contribution < 1.29 is 4.74 Å². The van der Waals surface area contributed by atoms with Gasteiger partial charge >= 0.3 is 0 Å². The highest BCUT2D eigenvalue weighted by atomic mass is 16.5. The number of hydrogen-bond donors (Lipinski definition) is 2. The summed E-state index contributed by atoms with van der Waals surface area (Å²) in [5.41, 5.74) is 5.75. The van der Waals surface area contributed by atoms with E-state index >= 15 is 0 Å². The van der Waals surface area contributed by atoms with Gasteiger partial charge in [-0.1, -0.05) is 12.1 Å². The molecule has 0 aliphatic carbocycles. The van der Waals surface area contributed by atoms with Crippen LogP contribution in [-0.4, -0.2) is 21.9 Å². The number of nitrogens with one attached hydrogen (secondary N) is 2. The molecule has 2 N–H and O–H groups in total. The number of benzene rings is 2. The normalized spacial score (nSPS) is 11.2. The topological polar surface area (TPSA) is 54.9 Å². The molecule has 0 spiro atoms. The third-order valence-electron chi connectivity index (χ3n) is 4.50. The molecule has 0 aliphatic heterocycles. The summed E-state index contributed by atoms with van der Waals surface area (Å²) in [6.45, 7) is 3.60. The fraction of sp³-hybridized carbons (Fsp3) is 0.190. The first kappa shape index (κ1) is 16.4. The van der Waals surface area contributed by atoms with E-state index in [2.05, 4.69) is 52.7 Å². The minimum atomic E-state index is 0.722. The van der Waals surface area contributed by atoms with Crippen LogP contribution in [0.5, 0.6) is 5.75 Å². The summed E-state index contributed by atoms with van der Waals surface area (Å²) < 4.78 is 7.36. The standard InChI is InChI=1S/C21H22N4O/c1-15-10-17-5-4-16(11-20(17)24-15)13-22-14-18-12-19(6-7-21(18)26-2)25-9-3-8-23-25/h3-12,22,24H,13-14H2,1-2H3. The molecule has 2 heterocycles. The van der Waals surface area contributed by atoms with Gasteiger partial charge in [-0.05, 0) is 54.3 Å². The molecule has 4 aromatic rings. The summed E-state index contributed by atoms with van der Waals surface area (Å²) in [5, 5.41) is 9.06. The van der Waals surface area contributed by atoms with Crippen LogP contribution in [0.3, 0.4) is 0 Å². The predicted octanol–water partition coefficient (Wildman–Crippen LogP) is 3.96. The zero-order valence-electron chi connectivity index (χ0n) is 15.0. The molecule has 5 heteroatoms. The lowest BCUT2D eigenvalue weighted by Gasteiger charge is -2.12. The van der Waals surface area contributed by atoms with Crippen LogP contribution in [-0.2, 0) is 13.1 Å². The average molecular weight is 346 g/mol. The van der Waals surface area contributed by atoms with Gasteiger partial charge in [-0.3, -0.25) is 0 Å². The van der Waals surface area contributed by atoms with E-state index in [1.165, 1.54) is 22.2 Å². The number of ether oxygens (including phenoxy) is 1. The molecular formula is C21H22N4O. The summed E-state index contributed by atoms with van der Waals surface area (Å²) in [4.78, 5) is 3.39. The van der Waals surface area contributed by atoms with Gasteiger partial charge in [-0.25, -0.2) is 4.68 Å². The number of methoxy groups -OCH3 is 1. The molecule has 4 rings (SSSR count). The fourth-order valence-electron chi connectivity index (χ4n) is 3.24. The van der Waals surface area contributed by atoms with Gasteiger partial charge < -0.3 is 15.0 Å². The van der Waals surface area contributed by atoms with Crippen molar-refractivity contribution in [2.45, 2.75) is 20.0 Å². The lowest BCUT2D eigenvalue weighted by molar-refractivity contribution is 0.407. The molecule has 0 atom stereocenters. The van der Waals surface area contributed by atoms with Crippen LogP contribution in [0, 0.1) is 6.92 Å². The largest absolute Gasteiger partial charge is 0.496 e. The highest BCUT2D eigenvalue weighted by molar-refractivity contribution is 5.80. The fourth-order valence-corrected chi connectivity index (χ4v) is 3.24. The number of fused-ring (bicyclic) bond motifs is 1. The molecule has 132 valence electrons. The average Bonchev–Trinajstić information content (AvgIpc) is 3.30. The number of rotatable bonds is 6. The molecule has 26 heavy (non-hydrogen) atoms. The maximum absolute atomic E-state index is 5.51. The number of hydrogen-bond acceptors (Lipinski definition) is 3. The van der Waals surface area contributed by atoms with Gasteiger partial charge in [-0.2, -0.15) is 5.10 Å². The number of aryl methyl sites for hydroxylation is 1. The first-order valence-electron chi connectivity index (χ1n) is 8.69. The van der Waals surface area contributed by atoms with Crippen LogP contribution in [0.4, 0.5) is 0 Å². The Bertz CT molecular complexity index is 1020. The Balaban J connectivity index is 1.48. The van der Waals surface area contributed by atoms with Crippen LogP contribution in [0.2, 0.25) is 0 Å². The third-order valence-corrected chi connectivity index (χ3v) is 4.50. The molecule has 0 saturated heterocycles. The Morgan fingerprint density at radius 2 is 2.04 bits per heavy atom. The predicted molar refractivity (Wildman–Crippen MR) is 104 cm³/mol. The highest BCUT2D eigenvalue weighted by Gasteiger charge is 2.06. The molecule has 0 saturated carbocycles. The van der Waals surface area contributed by atoms with E-state index in [1.54, 1.807) is 13.3 Å². The molecule has 0 amide bonds. The van der Waals surface area contributed by atoms with Crippen molar-refractivity contribution in [2.75, 3.05) is 7.11 Å². The van der Waals surface area contributed by atoms with Crippen molar-refractivity contribution >= 4 is 10.9 Å². The molecule has 0 radical (unpaired) electrons. The Morgan fingerprint density at radius 1 is 1.12 bits per heavy atom. The zero-order chi connectivity index (χ0) is 17.9. The van der Waals surface area contributed by atoms with Gasteiger partial charge in [0.05, 0.1) is 12.8 Å². The lowest BCUT2D eigenvalue weighted by Crippen LogP contribution is -2.13. The Hall–Kier alpha value is -3.05. The molecule has 5 nitrogen and oxygen atoms in total. The molecule has 2 aromatic heterocycles. The van der Waals surface area contributed by atoms with Crippen molar-refractivity contribution in [2.24, 2.45) is 0 Å². The SMILES string of the molecule is COc1ccc(-n2cccn2)cc1CNCc1ccc2cc(C)[nH]c2c1. The maximum Gasteiger partial charge on any atom is 0.123 e. The smallest absolute Gasteiger partial charge is 0.123 e. The van der Waals surface area contributed by atoms with E-state index in [0.717, 1.165) is 30.1 Å². The van der Waals surface area contributed by atoms with E-state index in [9.17, 15) is 0 Å². The minimum Gasteiger partial charge on any atom is -0.496 e. The second-order valence-corrected chi connectivity index (χ2v) is 6.42. The summed E-state index contributed by atoms with van der Waals surface area (Å²) in [7, 11) is 1.70. The number of nitrogens with zero attached hydrogens (tertiary/aromatic N) is 2. The van der Waals surface area contributed by atoms with E-state index in [0.29, 0.717) is 0 Å². The summed E-state index contributed by atoms with van der Waals surface area (Å²) in [5.74, 6) is 0.879. The molecule has 0 unspecified atom stereocenters.